The second-order valence-corrected chi connectivity index (χ2v) is 4.76. The van der Waals surface area contributed by atoms with E-state index < -0.39 is 0 Å². The van der Waals surface area contributed by atoms with Crippen molar-refractivity contribution in [3.8, 4) is 11.8 Å². The number of aliphatic hydroxyl groups excluding tert-OH is 1. The monoisotopic (exact) mass is 273 g/mol. The topological polar surface area (TPSA) is 58.6 Å². The molecule has 1 aliphatic rings. The minimum atomic E-state index is -0.169. The fourth-order valence-electron chi connectivity index (χ4n) is 2.20. The molecule has 1 saturated heterocycles. The van der Waals surface area contributed by atoms with Gasteiger partial charge in [-0.25, -0.2) is 0 Å². The van der Waals surface area contributed by atoms with Gasteiger partial charge in [0.25, 0.3) is 0 Å². The molecule has 1 heterocycles. The molecule has 2 N–H and O–H groups in total. The first kappa shape index (κ1) is 14.6. The number of ether oxygens (including phenoxy) is 1. The molecule has 0 spiro atoms. The van der Waals surface area contributed by atoms with Gasteiger partial charge in [0.1, 0.15) is 6.61 Å². The van der Waals surface area contributed by atoms with Crippen LogP contribution in [0.5, 0.6) is 0 Å². The summed E-state index contributed by atoms with van der Waals surface area (Å²) < 4.78 is 5.50. The van der Waals surface area contributed by atoms with Crippen LogP contribution in [-0.2, 0) is 9.53 Å². The average molecular weight is 273 g/mol. The van der Waals surface area contributed by atoms with Gasteiger partial charge in [-0.2, -0.15) is 0 Å². The number of nitrogens with one attached hydrogen (secondary N) is 1. The van der Waals surface area contributed by atoms with Crippen LogP contribution in [0.15, 0.2) is 24.3 Å². The fourth-order valence-corrected chi connectivity index (χ4v) is 2.20. The van der Waals surface area contributed by atoms with Crippen LogP contribution >= 0.6 is 0 Å². The minimum Gasteiger partial charge on any atom is -0.384 e. The molecule has 1 aromatic carbocycles. The van der Waals surface area contributed by atoms with E-state index in [9.17, 15) is 4.79 Å². The smallest absolute Gasteiger partial charge is 0.224 e. The Morgan fingerprint density at radius 2 is 2.40 bits per heavy atom. The van der Waals surface area contributed by atoms with Crippen molar-refractivity contribution < 1.29 is 14.6 Å². The Bertz CT molecular complexity index is 510. The molecule has 20 heavy (non-hydrogen) atoms. The Hall–Kier alpha value is -1.83. The zero-order valence-corrected chi connectivity index (χ0v) is 11.4. The Kier molecular flexibility index (Phi) is 5.60. The highest BCUT2D eigenvalue weighted by Crippen LogP contribution is 2.17. The van der Waals surface area contributed by atoms with Crippen molar-refractivity contribution in [2.45, 2.75) is 31.8 Å². The summed E-state index contributed by atoms with van der Waals surface area (Å²) in [4.78, 5) is 11.9. The third-order valence-corrected chi connectivity index (χ3v) is 3.18. The van der Waals surface area contributed by atoms with Gasteiger partial charge in [0, 0.05) is 24.3 Å². The van der Waals surface area contributed by atoms with E-state index in [1.165, 1.54) is 0 Å². The maximum absolute atomic E-state index is 11.9. The van der Waals surface area contributed by atoms with Gasteiger partial charge < -0.3 is 15.2 Å². The number of amides is 1. The van der Waals surface area contributed by atoms with Gasteiger partial charge in [-0.15, -0.1) is 0 Å². The molecule has 1 aromatic rings. The highest BCUT2D eigenvalue weighted by Gasteiger charge is 2.16. The predicted molar refractivity (Wildman–Crippen MR) is 77.2 cm³/mol. The van der Waals surface area contributed by atoms with Crippen LogP contribution in [-0.4, -0.2) is 30.3 Å². The summed E-state index contributed by atoms with van der Waals surface area (Å²) in [5, 5.41) is 11.5. The van der Waals surface area contributed by atoms with Crippen LogP contribution < -0.4 is 5.32 Å². The van der Waals surface area contributed by atoms with E-state index in [1.807, 2.05) is 18.2 Å². The maximum atomic E-state index is 11.9. The van der Waals surface area contributed by atoms with Crippen molar-refractivity contribution in [1.29, 1.82) is 0 Å². The lowest BCUT2D eigenvalue weighted by molar-refractivity contribution is -0.116. The van der Waals surface area contributed by atoms with E-state index in [-0.39, 0.29) is 18.6 Å². The molecule has 0 radical (unpaired) electrons. The quantitative estimate of drug-likeness (QED) is 0.824. The second kappa shape index (κ2) is 7.68. The van der Waals surface area contributed by atoms with E-state index in [4.69, 9.17) is 9.84 Å². The number of benzene rings is 1. The standard InChI is InChI=1S/C16H19NO3/c18-10-2-5-13-4-1-6-14(12-13)17-16(19)9-8-15-7-3-11-20-15/h1,4,6,12,15,18H,3,7-11H2,(H,17,19). The number of hydrogen-bond donors (Lipinski definition) is 2. The summed E-state index contributed by atoms with van der Waals surface area (Å²) in [5.74, 6) is 5.39. The molecule has 1 fully saturated rings. The fraction of sp³-hybridized carbons (Fsp3) is 0.438. The van der Waals surface area contributed by atoms with Crippen molar-refractivity contribution in [2.24, 2.45) is 0 Å². The third-order valence-electron chi connectivity index (χ3n) is 3.18. The summed E-state index contributed by atoms with van der Waals surface area (Å²) in [6.45, 7) is 0.649. The molecule has 0 bridgehead atoms. The highest BCUT2D eigenvalue weighted by molar-refractivity contribution is 5.90. The second-order valence-electron chi connectivity index (χ2n) is 4.76. The van der Waals surface area contributed by atoms with Gasteiger partial charge >= 0.3 is 0 Å². The Balaban J connectivity index is 1.83. The van der Waals surface area contributed by atoms with Crippen molar-refractivity contribution >= 4 is 11.6 Å². The Morgan fingerprint density at radius 3 is 3.15 bits per heavy atom. The molecule has 1 amide bonds. The first-order valence-electron chi connectivity index (χ1n) is 6.89. The Labute approximate surface area is 119 Å². The molecule has 4 nitrogen and oxygen atoms in total. The van der Waals surface area contributed by atoms with E-state index in [0.29, 0.717) is 6.42 Å². The summed E-state index contributed by atoms with van der Waals surface area (Å²) >= 11 is 0. The van der Waals surface area contributed by atoms with Crippen molar-refractivity contribution in [3.63, 3.8) is 0 Å². The average Bonchev–Trinajstić information content (AvgIpc) is 2.97. The number of carbonyl (C=O) groups is 1. The highest BCUT2D eigenvalue weighted by atomic mass is 16.5. The zero-order valence-electron chi connectivity index (χ0n) is 11.4. The molecule has 1 aliphatic heterocycles. The number of rotatable bonds is 4. The van der Waals surface area contributed by atoms with Gasteiger partial charge in [0.05, 0.1) is 6.10 Å². The van der Waals surface area contributed by atoms with Crippen LogP contribution in [0.3, 0.4) is 0 Å². The van der Waals surface area contributed by atoms with Gasteiger partial charge in [0.15, 0.2) is 0 Å². The molecule has 4 heteroatoms. The van der Waals surface area contributed by atoms with Crippen molar-refractivity contribution in [3.05, 3.63) is 29.8 Å². The van der Waals surface area contributed by atoms with E-state index in [1.54, 1.807) is 6.07 Å². The number of hydrogen-bond acceptors (Lipinski definition) is 3. The molecule has 2 rings (SSSR count). The predicted octanol–water partition coefficient (Wildman–Crippen LogP) is 1.93. The molecule has 1 unspecified atom stereocenters. The lowest BCUT2D eigenvalue weighted by Gasteiger charge is -2.09. The zero-order chi connectivity index (χ0) is 14.2. The van der Waals surface area contributed by atoms with Crippen LogP contribution in [0.2, 0.25) is 0 Å². The van der Waals surface area contributed by atoms with Crippen molar-refractivity contribution in [2.75, 3.05) is 18.5 Å². The summed E-state index contributed by atoms with van der Waals surface area (Å²) in [5.41, 5.74) is 1.50. The van der Waals surface area contributed by atoms with Gasteiger partial charge in [-0.05, 0) is 37.5 Å². The van der Waals surface area contributed by atoms with E-state index in [0.717, 1.165) is 37.1 Å². The lowest BCUT2D eigenvalue weighted by Crippen LogP contribution is -2.15. The molecule has 1 atom stereocenters. The number of carbonyl (C=O) groups excluding carboxylic acids is 1. The summed E-state index contributed by atoms with van der Waals surface area (Å²) in [7, 11) is 0. The van der Waals surface area contributed by atoms with Gasteiger partial charge in [-0.3, -0.25) is 4.79 Å². The minimum absolute atomic E-state index is 0.00670. The summed E-state index contributed by atoms with van der Waals surface area (Å²) in [6.07, 6.45) is 3.63. The van der Waals surface area contributed by atoms with Crippen LogP contribution in [0.1, 0.15) is 31.2 Å². The SMILES string of the molecule is O=C(CCC1CCCO1)Nc1cccc(C#CCO)c1. The normalized spacial score (nSPS) is 17.4. The molecule has 0 aliphatic carbocycles. The third kappa shape index (κ3) is 4.69. The molecule has 0 saturated carbocycles. The van der Waals surface area contributed by atoms with E-state index in [2.05, 4.69) is 17.2 Å². The van der Waals surface area contributed by atoms with Gasteiger partial charge in [-0.1, -0.05) is 17.9 Å². The van der Waals surface area contributed by atoms with Crippen LogP contribution in [0, 0.1) is 11.8 Å². The molecule has 0 aromatic heterocycles. The van der Waals surface area contributed by atoms with E-state index >= 15 is 0 Å². The molecular formula is C16H19NO3. The summed E-state index contributed by atoms with van der Waals surface area (Å²) in [6, 6.07) is 7.29. The van der Waals surface area contributed by atoms with Crippen LogP contribution in [0.25, 0.3) is 0 Å². The Morgan fingerprint density at radius 1 is 1.50 bits per heavy atom. The number of aliphatic hydroxyl groups is 1. The molecule has 106 valence electrons. The largest absolute Gasteiger partial charge is 0.384 e. The first-order chi connectivity index (χ1) is 9.78. The van der Waals surface area contributed by atoms with Gasteiger partial charge in [0.2, 0.25) is 5.91 Å². The molecular weight excluding hydrogens is 254 g/mol. The first-order valence-corrected chi connectivity index (χ1v) is 6.89. The number of anilines is 1. The van der Waals surface area contributed by atoms with Crippen molar-refractivity contribution in [1.82, 2.24) is 0 Å². The maximum Gasteiger partial charge on any atom is 0.224 e. The van der Waals surface area contributed by atoms with Crippen LogP contribution in [0.4, 0.5) is 5.69 Å². The lowest BCUT2D eigenvalue weighted by atomic mass is 10.1.